The number of carbonyl (C=O) groups is 1. The third-order valence-electron chi connectivity index (χ3n) is 2.33. The molecule has 0 saturated heterocycles. The van der Waals surface area contributed by atoms with Gasteiger partial charge in [-0.3, -0.25) is 4.79 Å². The summed E-state index contributed by atoms with van der Waals surface area (Å²) in [5.41, 5.74) is 0. The summed E-state index contributed by atoms with van der Waals surface area (Å²) in [6, 6.07) is 0. The number of hydrogen-bond acceptors (Lipinski definition) is 2. The summed E-state index contributed by atoms with van der Waals surface area (Å²) >= 11 is 0. The predicted molar refractivity (Wildman–Crippen MR) is 47.9 cm³/mol. The Balaban J connectivity index is 1.95. The maximum atomic E-state index is 11.1. The topological polar surface area (TPSA) is 26.3 Å². The van der Waals surface area contributed by atoms with Crippen LogP contribution in [0, 0.1) is 0 Å². The van der Waals surface area contributed by atoms with Gasteiger partial charge in [-0.2, -0.15) is 0 Å². The largest absolute Gasteiger partial charge is 0.462 e. The van der Waals surface area contributed by atoms with Gasteiger partial charge in [-0.05, 0) is 25.7 Å². The molecule has 2 heteroatoms. The second-order valence-corrected chi connectivity index (χ2v) is 3.50. The molecule has 1 aliphatic carbocycles. The molecular weight excluding hydrogens is 152 g/mol. The van der Waals surface area contributed by atoms with Gasteiger partial charge in [-0.25, -0.2) is 0 Å². The fraction of sp³-hybridized carbons (Fsp3) is 0.900. The molecule has 0 unspecified atom stereocenters. The number of unbranched alkanes of at least 4 members (excludes halogenated alkanes) is 2. The monoisotopic (exact) mass is 170 g/mol. The number of carbonyl (C=O) groups excluding carboxylic acids is 1. The smallest absolute Gasteiger partial charge is 0.306 e. The van der Waals surface area contributed by atoms with Gasteiger partial charge < -0.3 is 4.74 Å². The standard InChI is InChI=1S/C10H18O2/c1-2-3-4-8-10(11)12-9-6-5-7-9/h9H,2-8H2,1H3. The summed E-state index contributed by atoms with van der Waals surface area (Å²) in [5.74, 6) is 0.00755. The van der Waals surface area contributed by atoms with Crippen molar-refractivity contribution in [3.05, 3.63) is 0 Å². The molecule has 1 aliphatic rings. The lowest BCUT2D eigenvalue weighted by molar-refractivity contribution is -0.153. The summed E-state index contributed by atoms with van der Waals surface area (Å²) in [6.45, 7) is 2.14. The molecule has 0 atom stereocenters. The minimum atomic E-state index is 0.00755. The van der Waals surface area contributed by atoms with Crippen LogP contribution in [0.25, 0.3) is 0 Å². The van der Waals surface area contributed by atoms with Crippen LogP contribution in [0.1, 0.15) is 51.9 Å². The van der Waals surface area contributed by atoms with E-state index in [4.69, 9.17) is 4.74 Å². The zero-order valence-electron chi connectivity index (χ0n) is 7.84. The first-order chi connectivity index (χ1) is 5.83. The van der Waals surface area contributed by atoms with E-state index in [0.717, 1.165) is 32.1 Å². The quantitative estimate of drug-likeness (QED) is 0.468. The molecule has 0 aromatic heterocycles. The molecule has 0 bridgehead atoms. The van der Waals surface area contributed by atoms with Crippen molar-refractivity contribution < 1.29 is 9.53 Å². The number of esters is 1. The highest BCUT2D eigenvalue weighted by molar-refractivity contribution is 5.69. The highest BCUT2D eigenvalue weighted by Crippen LogP contribution is 2.22. The van der Waals surface area contributed by atoms with E-state index >= 15 is 0 Å². The van der Waals surface area contributed by atoms with Gasteiger partial charge in [-0.1, -0.05) is 19.8 Å². The van der Waals surface area contributed by atoms with Crippen LogP contribution in [-0.4, -0.2) is 12.1 Å². The molecule has 0 radical (unpaired) electrons. The highest BCUT2D eigenvalue weighted by Gasteiger charge is 2.20. The Hall–Kier alpha value is -0.530. The van der Waals surface area contributed by atoms with Crippen molar-refractivity contribution in [1.29, 1.82) is 0 Å². The molecular formula is C10H18O2. The first kappa shape index (κ1) is 9.56. The maximum absolute atomic E-state index is 11.1. The Bertz CT molecular complexity index is 139. The van der Waals surface area contributed by atoms with Gasteiger partial charge in [0.15, 0.2) is 0 Å². The maximum Gasteiger partial charge on any atom is 0.306 e. The highest BCUT2D eigenvalue weighted by atomic mass is 16.5. The summed E-state index contributed by atoms with van der Waals surface area (Å²) < 4.78 is 5.19. The van der Waals surface area contributed by atoms with E-state index in [-0.39, 0.29) is 12.1 Å². The number of hydrogen-bond donors (Lipinski definition) is 0. The molecule has 1 saturated carbocycles. The van der Waals surface area contributed by atoms with Crippen molar-refractivity contribution in [2.75, 3.05) is 0 Å². The average Bonchev–Trinajstić information content (AvgIpc) is 1.98. The van der Waals surface area contributed by atoms with Gasteiger partial charge in [0.05, 0.1) is 0 Å². The van der Waals surface area contributed by atoms with Gasteiger partial charge >= 0.3 is 5.97 Å². The summed E-state index contributed by atoms with van der Waals surface area (Å²) in [7, 11) is 0. The van der Waals surface area contributed by atoms with Crippen LogP contribution >= 0.6 is 0 Å². The Morgan fingerprint density at radius 3 is 2.67 bits per heavy atom. The lowest BCUT2D eigenvalue weighted by atomic mass is 9.96. The summed E-state index contributed by atoms with van der Waals surface area (Å²) in [6.07, 6.45) is 7.56. The molecule has 12 heavy (non-hydrogen) atoms. The molecule has 1 fully saturated rings. The van der Waals surface area contributed by atoms with E-state index in [1.807, 2.05) is 0 Å². The van der Waals surface area contributed by atoms with Gasteiger partial charge in [0.2, 0.25) is 0 Å². The van der Waals surface area contributed by atoms with Crippen molar-refractivity contribution in [2.24, 2.45) is 0 Å². The van der Waals surface area contributed by atoms with Crippen molar-refractivity contribution in [3.8, 4) is 0 Å². The SMILES string of the molecule is CCCCCC(=O)OC1CCC1. The second kappa shape index (κ2) is 5.18. The average molecular weight is 170 g/mol. The molecule has 0 spiro atoms. The molecule has 1 rings (SSSR count). The van der Waals surface area contributed by atoms with Crippen LogP contribution in [0.5, 0.6) is 0 Å². The fourth-order valence-corrected chi connectivity index (χ4v) is 1.25. The van der Waals surface area contributed by atoms with E-state index in [9.17, 15) is 4.79 Å². The second-order valence-electron chi connectivity index (χ2n) is 3.50. The fourth-order valence-electron chi connectivity index (χ4n) is 1.25. The summed E-state index contributed by atoms with van der Waals surface area (Å²) in [5, 5.41) is 0. The van der Waals surface area contributed by atoms with Gasteiger partial charge in [-0.15, -0.1) is 0 Å². The zero-order valence-corrected chi connectivity index (χ0v) is 7.84. The third kappa shape index (κ3) is 3.24. The van der Waals surface area contributed by atoms with E-state index in [0.29, 0.717) is 6.42 Å². The van der Waals surface area contributed by atoms with Crippen LogP contribution < -0.4 is 0 Å². The van der Waals surface area contributed by atoms with Gasteiger partial charge in [0, 0.05) is 6.42 Å². The molecule has 2 nitrogen and oxygen atoms in total. The molecule has 0 aliphatic heterocycles. The first-order valence-electron chi connectivity index (χ1n) is 5.02. The Labute approximate surface area is 74.3 Å². The van der Waals surface area contributed by atoms with Crippen molar-refractivity contribution in [1.82, 2.24) is 0 Å². The third-order valence-corrected chi connectivity index (χ3v) is 2.33. The van der Waals surface area contributed by atoms with Crippen LogP contribution in [0.3, 0.4) is 0 Å². The van der Waals surface area contributed by atoms with Crippen LogP contribution in [0.2, 0.25) is 0 Å². The molecule has 0 aromatic carbocycles. The molecule has 0 amide bonds. The zero-order chi connectivity index (χ0) is 8.81. The van der Waals surface area contributed by atoms with E-state index in [1.54, 1.807) is 0 Å². The van der Waals surface area contributed by atoms with Crippen molar-refractivity contribution in [3.63, 3.8) is 0 Å². The molecule has 0 aromatic rings. The van der Waals surface area contributed by atoms with E-state index in [2.05, 4.69) is 6.92 Å². The predicted octanol–water partition coefficient (Wildman–Crippen LogP) is 2.66. The lowest BCUT2D eigenvalue weighted by Gasteiger charge is -2.25. The van der Waals surface area contributed by atoms with Crippen LogP contribution in [0.4, 0.5) is 0 Å². The van der Waals surface area contributed by atoms with Crippen LogP contribution in [0.15, 0.2) is 0 Å². The molecule has 70 valence electrons. The Morgan fingerprint density at radius 2 is 2.17 bits per heavy atom. The van der Waals surface area contributed by atoms with Crippen LogP contribution in [-0.2, 0) is 9.53 Å². The summed E-state index contributed by atoms with van der Waals surface area (Å²) in [4.78, 5) is 11.1. The molecule has 0 N–H and O–H groups in total. The van der Waals surface area contributed by atoms with E-state index in [1.165, 1.54) is 6.42 Å². The first-order valence-corrected chi connectivity index (χ1v) is 5.02. The van der Waals surface area contributed by atoms with Crippen molar-refractivity contribution in [2.45, 2.75) is 58.0 Å². The van der Waals surface area contributed by atoms with Gasteiger partial charge in [0.25, 0.3) is 0 Å². The Kier molecular flexibility index (Phi) is 4.12. The molecule has 0 heterocycles. The normalized spacial score (nSPS) is 17.1. The number of ether oxygens (including phenoxy) is 1. The van der Waals surface area contributed by atoms with Gasteiger partial charge in [0.1, 0.15) is 6.10 Å². The number of rotatable bonds is 5. The van der Waals surface area contributed by atoms with E-state index < -0.39 is 0 Å². The Morgan fingerprint density at radius 1 is 1.42 bits per heavy atom. The minimum Gasteiger partial charge on any atom is -0.462 e. The van der Waals surface area contributed by atoms with Crippen molar-refractivity contribution >= 4 is 5.97 Å². The lowest BCUT2D eigenvalue weighted by Crippen LogP contribution is -2.24. The minimum absolute atomic E-state index is 0.00755.